The van der Waals surface area contributed by atoms with Gasteiger partial charge >= 0.3 is 5.97 Å². The third-order valence-corrected chi connectivity index (χ3v) is 6.29. The number of nitrogens with zero attached hydrogens (tertiary/aromatic N) is 1. The van der Waals surface area contributed by atoms with Crippen LogP contribution >= 0.6 is 0 Å². The smallest absolute Gasteiger partial charge is 0.303 e. The van der Waals surface area contributed by atoms with Crippen LogP contribution in [-0.4, -0.2) is 71.5 Å². The summed E-state index contributed by atoms with van der Waals surface area (Å²) in [6, 6.07) is 7.06. The molecule has 1 aliphatic heterocycles. The summed E-state index contributed by atoms with van der Waals surface area (Å²) >= 11 is 0. The van der Waals surface area contributed by atoms with Crippen molar-refractivity contribution in [2.24, 2.45) is 11.7 Å². The second-order valence-electron chi connectivity index (χ2n) is 8.51. The number of aliphatic hydroxyl groups is 1. The molecule has 2 fully saturated rings. The Balaban J connectivity index is 1.62. The topological polar surface area (TPSA) is 122 Å². The molecule has 1 heterocycles. The Morgan fingerprint density at radius 2 is 1.91 bits per heavy atom. The van der Waals surface area contributed by atoms with Gasteiger partial charge in [-0.05, 0) is 37.0 Å². The van der Waals surface area contributed by atoms with E-state index >= 15 is 0 Å². The number of nitrogens with two attached hydrogens (primary N) is 1. The Hall–Kier alpha value is -2.26. The summed E-state index contributed by atoms with van der Waals surface area (Å²) in [5, 5.41) is 19.6. The first kappa shape index (κ1) is 24.4. The molecule has 176 valence electrons. The minimum absolute atomic E-state index is 0.00445. The number of morpholine rings is 1. The minimum atomic E-state index is -0.776. The van der Waals surface area contributed by atoms with Gasteiger partial charge in [0.2, 0.25) is 5.91 Å². The average Bonchev–Trinajstić information content (AvgIpc) is 3.10. The molecule has 32 heavy (non-hydrogen) atoms. The maximum atomic E-state index is 11.3. The lowest BCUT2D eigenvalue weighted by molar-refractivity contribution is -0.137. The van der Waals surface area contributed by atoms with Crippen LogP contribution in [0.3, 0.4) is 0 Å². The van der Waals surface area contributed by atoms with E-state index in [1.54, 1.807) is 12.1 Å². The van der Waals surface area contributed by atoms with Crippen molar-refractivity contribution in [1.29, 1.82) is 0 Å². The zero-order valence-electron chi connectivity index (χ0n) is 18.4. The number of hydrogen-bond donors (Lipinski definition) is 3. The van der Waals surface area contributed by atoms with E-state index in [1.165, 1.54) is 0 Å². The predicted molar refractivity (Wildman–Crippen MR) is 119 cm³/mol. The first-order valence-corrected chi connectivity index (χ1v) is 11.3. The molecule has 1 saturated carbocycles. The number of unbranched alkanes of at least 4 members (excludes halogenated alkanes) is 1. The van der Waals surface area contributed by atoms with E-state index in [-0.39, 0.29) is 24.5 Å². The molecule has 1 saturated heterocycles. The number of aliphatic hydroxyl groups excluding tert-OH is 1. The number of benzene rings is 1. The number of ether oxygens (including phenoxy) is 2. The highest BCUT2D eigenvalue weighted by Crippen LogP contribution is 2.36. The second kappa shape index (κ2) is 12.1. The first-order chi connectivity index (χ1) is 15.5. The Labute approximate surface area is 189 Å². The molecule has 8 heteroatoms. The number of primary amides is 1. The fourth-order valence-corrected chi connectivity index (χ4v) is 4.64. The third kappa shape index (κ3) is 6.87. The molecule has 8 nitrogen and oxygen atoms in total. The third-order valence-electron chi connectivity index (χ3n) is 6.29. The van der Waals surface area contributed by atoms with Crippen molar-refractivity contribution >= 4 is 11.9 Å². The molecule has 1 aromatic carbocycles. The van der Waals surface area contributed by atoms with Gasteiger partial charge in [0.25, 0.3) is 0 Å². The molecule has 0 aromatic heterocycles. The summed E-state index contributed by atoms with van der Waals surface area (Å²) in [5.74, 6) is -1.11. The van der Waals surface area contributed by atoms with Crippen molar-refractivity contribution in [3.05, 3.63) is 47.5 Å². The van der Waals surface area contributed by atoms with Crippen molar-refractivity contribution < 1.29 is 29.3 Å². The molecular weight excluding hydrogens is 412 g/mol. The molecule has 0 bridgehead atoms. The number of aliphatic carboxylic acids is 1. The Kier molecular flexibility index (Phi) is 9.23. The number of carbonyl (C=O) groups excluding carboxylic acids is 1. The number of carboxylic acid groups (broad SMARTS) is 1. The van der Waals surface area contributed by atoms with Gasteiger partial charge in [0.15, 0.2) is 0 Å². The van der Waals surface area contributed by atoms with Crippen molar-refractivity contribution in [2.45, 2.75) is 57.0 Å². The molecule has 0 spiro atoms. The fraction of sp³-hybridized carbons (Fsp3) is 0.583. The maximum absolute atomic E-state index is 11.3. The molecule has 1 aliphatic carbocycles. The van der Waals surface area contributed by atoms with Crippen LogP contribution in [0.5, 0.6) is 0 Å². The number of amides is 1. The van der Waals surface area contributed by atoms with E-state index in [0.29, 0.717) is 38.2 Å². The molecule has 0 radical (unpaired) electrons. The normalized spacial score (nSPS) is 26.5. The first-order valence-electron chi connectivity index (χ1n) is 11.3. The van der Waals surface area contributed by atoms with Crippen LogP contribution in [0, 0.1) is 5.92 Å². The standard InChI is InChI=1S/C24H34N2O6/c25-24(30)18-9-7-17(8-10-18)16-32-21-15-20(27)23(26-11-13-31-14-12-26)19(21)5-3-1-2-4-6-22(28)29/h1,3,7-10,19-21,23,27H,2,4-6,11-16H2,(H2,25,30)(H,28,29)/b3-1-/t19-,20+,21-,23+/m0/s1. The molecule has 4 N–H and O–H groups in total. The van der Waals surface area contributed by atoms with Gasteiger partial charge in [-0.15, -0.1) is 0 Å². The maximum Gasteiger partial charge on any atom is 0.303 e. The molecule has 0 unspecified atom stereocenters. The lowest BCUT2D eigenvalue weighted by atomic mass is 9.94. The van der Waals surface area contributed by atoms with Crippen molar-refractivity contribution in [3.8, 4) is 0 Å². The highest BCUT2D eigenvalue weighted by Gasteiger charge is 2.45. The Morgan fingerprint density at radius 1 is 1.19 bits per heavy atom. The quantitative estimate of drug-likeness (QED) is 0.351. The molecule has 1 amide bonds. The average molecular weight is 447 g/mol. The summed E-state index contributed by atoms with van der Waals surface area (Å²) in [6.07, 6.45) is 6.39. The van der Waals surface area contributed by atoms with Gasteiger partial charge in [-0.3, -0.25) is 14.5 Å². The van der Waals surface area contributed by atoms with Gasteiger partial charge in [-0.2, -0.15) is 0 Å². The number of hydrogen-bond acceptors (Lipinski definition) is 6. The van der Waals surface area contributed by atoms with Crippen LogP contribution < -0.4 is 5.73 Å². The summed E-state index contributed by atoms with van der Waals surface area (Å²) in [4.78, 5) is 24.2. The lowest BCUT2D eigenvalue weighted by Crippen LogP contribution is -2.50. The molecular formula is C24H34N2O6. The zero-order valence-corrected chi connectivity index (χ0v) is 18.4. The van der Waals surface area contributed by atoms with E-state index in [0.717, 1.165) is 31.5 Å². The van der Waals surface area contributed by atoms with Crippen molar-refractivity contribution in [1.82, 2.24) is 4.90 Å². The minimum Gasteiger partial charge on any atom is -0.481 e. The van der Waals surface area contributed by atoms with Crippen LogP contribution in [0.4, 0.5) is 0 Å². The monoisotopic (exact) mass is 446 g/mol. The summed E-state index contributed by atoms with van der Waals surface area (Å²) in [5.41, 5.74) is 6.71. The highest BCUT2D eigenvalue weighted by atomic mass is 16.5. The van der Waals surface area contributed by atoms with Gasteiger partial charge < -0.3 is 25.4 Å². The fourth-order valence-electron chi connectivity index (χ4n) is 4.64. The van der Waals surface area contributed by atoms with Gasteiger partial charge in [-0.25, -0.2) is 0 Å². The summed E-state index contributed by atoms with van der Waals surface area (Å²) in [7, 11) is 0. The molecule has 4 atom stereocenters. The van der Waals surface area contributed by atoms with Crippen LogP contribution in [0.25, 0.3) is 0 Å². The summed E-state index contributed by atoms with van der Waals surface area (Å²) in [6.45, 7) is 3.31. The Bertz CT molecular complexity index is 775. The van der Waals surface area contributed by atoms with Crippen molar-refractivity contribution in [3.63, 3.8) is 0 Å². The van der Waals surface area contributed by atoms with Crippen molar-refractivity contribution in [2.75, 3.05) is 26.3 Å². The predicted octanol–water partition coefficient (Wildman–Crippen LogP) is 1.95. The van der Waals surface area contributed by atoms with E-state index in [1.807, 2.05) is 18.2 Å². The van der Waals surface area contributed by atoms with E-state index in [4.69, 9.17) is 20.3 Å². The number of carboxylic acids is 1. The van der Waals surface area contributed by atoms with E-state index < -0.39 is 18.0 Å². The van der Waals surface area contributed by atoms with Crippen LogP contribution in [0.2, 0.25) is 0 Å². The SMILES string of the molecule is NC(=O)c1ccc(CO[C@H]2C[C@@H](O)[C@H](N3CCOCC3)[C@H]2C/C=C\CCCC(=O)O)cc1. The van der Waals surface area contributed by atoms with Crippen LogP contribution in [-0.2, 0) is 20.9 Å². The number of allylic oxidation sites excluding steroid dienone is 2. The van der Waals surface area contributed by atoms with Gasteiger partial charge in [0.05, 0.1) is 32.0 Å². The molecule has 1 aromatic rings. The van der Waals surface area contributed by atoms with E-state index in [9.17, 15) is 14.7 Å². The van der Waals surface area contributed by atoms with Gasteiger partial charge in [-0.1, -0.05) is 24.3 Å². The number of carbonyl (C=O) groups is 2. The van der Waals surface area contributed by atoms with Crippen LogP contribution in [0.1, 0.15) is 48.0 Å². The molecule has 3 rings (SSSR count). The molecule has 2 aliphatic rings. The highest BCUT2D eigenvalue weighted by molar-refractivity contribution is 5.92. The Morgan fingerprint density at radius 3 is 2.56 bits per heavy atom. The zero-order chi connectivity index (χ0) is 22.9. The largest absolute Gasteiger partial charge is 0.481 e. The van der Waals surface area contributed by atoms with Gasteiger partial charge in [0, 0.05) is 43.5 Å². The van der Waals surface area contributed by atoms with Crippen LogP contribution in [0.15, 0.2) is 36.4 Å². The number of rotatable bonds is 11. The lowest BCUT2D eigenvalue weighted by Gasteiger charge is -2.37. The van der Waals surface area contributed by atoms with Gasteiger partial charge in [0.1, 0.15) is 0 Å². The van der Waals surface area contributed by atoms with E-state index in [2.05, 4.69) is 11.0 Å². The summed E-state index contributed by atoms with van der Waals surface area (Å²) < 4.78 is 11.7. The second-order valence-corrected chi connectivity index (χ2v) is 8.51.